The van der Waals surface area contributed by atoms with Gasteiger partial charge in [0.25, 0.3) is 0 Å². The van der Waals surface area contributed by atoms with E-state index < -0.39 is 0 Å². The maximum atomic E-state index is 5.76. The van der Waals surface area contributed by atoms with E-state index in [0.29, 0.717) is 5.92 Å². The second-order valence-electron chi connectivity index (χ2n) is 4.96. The van der Waals surface area contributed by atoms with E-state index in [9.17, 15) is 0 Å². The Morgan fingerprint density at radius 1 is 1.39 bits per heavy atom. The zero-order valence-electron chi connectivity index (χ0n) is 10.8. The van der Waals surface area contributed by atoms with Crippen molar-refractivity contribution in [3.05, 3.63) is 22.6 Å². The Labute approximate surface area is 116 Å². The molecule has 98 valence electrons. The van der Waals surface area contributed by atoms with Crippen LogP contribution >= 0.6 is 15.9 Å². The van der Waals surface area contributed by atoms with E-state index in [1.165, 1.54) is 0 Å². The van der Waals surface area contributed by atoms with E-state index >= 15 is 0 Å². The van der Waals surface area contributed by atoms with Crippen LogP contribution in [0.4, 0.5) is 0 Å². The molecule has 0 aliphatic rings. The van der Waals surface area contributed by atoms with Gasteiger partial charge in [-0.15, -0.1) is 0 Å². The molecule has 0 aliphatic heterocycles. The molecule has 0 bridgehead atoms. The van der Waals surface area contributed by atoms with E-state index in [-0.39, 0.29) is 6.04 Å². The molecule has 5 heteroatoms. The molecule has 0 saturated heterocycles. The fraction of sp³-hybridized carbons (Fsp3) is 0.538. The van der Waals surface area contributed by atoms with Crippen molar-refractivity contribution < 1.29 is 0 Å². The predicted octanol–water partition coefficient (Wildman–Crippen LogP) is 3.34. The molecule has 0 radical (unpaired) electrons. The summed E-state index contributed by atoms with van der Waals surface area (Å²) >= 11 is 3.41. The van der Waals surface area contributed by atoms with Crippen LogP contribution in [0.1, 0.15) is 44.9 Å². The van der Waals surface area contributed by atoms with Crippen LogP contribution in [0.5, 0.6) is 0 Å². The highest BCUT2D eigenvalue weighted by Gasteiger charge is 2.11. The number of nitrogens with zero attached hydrogens (tertiary/aromatic N) is 2. The second-order valence-corrected chi connectivity index (χ2v) is 5.87. The first-order chi connectivity index (χ1) is 8.56. The van der Waals surface area contributed by atoms with Crippen molar-refractivity contribution in [2.45, 2.75) is 45.1 Å². The lowest BCUT2D eigenvalue weighted by Crippen LogP contribution is -2.14. The lowest BCUT2D eigenvalue weighted by Gasteiger charge is -2.09. The van der Waals surface area contributed by atoms with Gasteiger partial charge in [0.2, 0.25) is 0 Å². The maximum Gasteiger partial charge on any atom is 0.177 e. The summed E-state index contributed by atoms with van der Waals surface area (Å²) in [5.74, 6) is 1.43. The summed E-state index contributed by atoms with van der Waals surface area (Å²) in [5, 5.41) is 0. The summed E-state index contributed by atoms with van der Waals surface area (Å²) in [4.78, 5) is 12.2. The van der Waals surface area contributed by atoms with Gasteiger partial charge in [-0.2, -0.15) is 0 Å². The van der Waals surface area contributed by atoms with Crippen molar-refractivity contribution >= 4 is 27.1 Å². The average Bonchev–Trinajstić information content (AvgIpc) is 2.71. The Morgan fingerprint density at radius 2 is 2.17 bits per heavy atom. The smallest absolute Gasteiger partial charge is 0.177 e. The predicted molar refractivity (Wildman–Crippen MR) is 77.5 cm³/mol. The molecule has 0 amide bonds. The number of nitrogens with one attached hydrogen (secondary N) is 1. The van der Waals surface area contributed by atoms with Crippen LogP contribution in [-0.4, -0.2) is 21.0 Å². The molecule has 0 aromatic carbocycles. The third-order valence-electron chi connectivity index (χ3n) is 3.09. The highest BCUT2D eigenvalue weighted by Crippen LogP contribution is 2.22. The first-order valence-corrected chi connectivity index (χ1v) is 7.12. The molecule has 2 rings (SSSR count). The minimum absolute atomic E-state index is 0.283. The maximum absolute atomic E-state index is 5.76. The van der Waals surface area contributed by atoms with Gasteiger partial charge in [0, 0.05) is 22.6 Å². The molecule has 2 aromatic heterocycles. The Hall–Kier alpha value is -0.940. The quantitative estimate of drug-likeness (QED) is 0.890. The number of imidazole rings is 1. The Morgan fingerprint density at radius 3 is 2.89 bits per heavy atom. The number of nitrogens with two attached hydrogens (primary N) is 1. The van der Waals surface area contributed by atoms with Crippen LogP contribution < -0.4 is 5.73 Å². The molecule has 4 nitrogen and oxygen atoms in total. The van der Waals surface area contributed by atoms with Gasteiger partial charge in [0.15, 0.2) is 5.65 Å². The van der Waals surface area contributed by atoms with Gasteiger partial charge in [0.05, 0.1) is 5.52 Å². The Bertz CT molecular complexity index is 521. The van der Waals surface area contributed by atoms with Crippen LogP contribution in [0.3, 0.4) is 0 Å². The number of aromatic amines is 1. The number of fused-ring (bicyclic) bond motifs is 1. The molecule has 0 spiro atoms. The SMILES string of the molecule is CC(N)CCCC(C)c1nc2ncc(Br)cc2[nH]1. The molecule has 2 unspecified atom stereocenters. The summed E-state index contributed by atoms with van der Waals surface area (Å²) in [7, 11) is 0. The largest absolute Gasteiger partial charge is 0.340 e. The number of hydrogen-bond donors (Lipinski definition) is 2. The van der Waals surface area contributed by atoms with Crippen molar-refractivity contribution in [2.75, 3.05) is 0 Å². The van der Waals surface area contributed by atoms with E-state index in [2.05, 4.69) is 37.8 Å². The van der Waals surface area contributed by atoms with Gasteiger partial charge in [0.1, 0.15) is 5.82 Å². The first-order valence-electron chi connectivity index (χ1n) is 6.33. The van der Waals surface area contributed by atoms with E-state index in [4.69, 9.17) is 5.73 Å². The minimum atomic E-state index is 0.283. The average molecular weight is 311 g/mol. The van der Waals surface area contributed by atoms with Gasteiger partial charge in [-0.25, -0.2) is 9.97 Å². The van der Waals surface area contributed by atoms with Gasteiger partial charge in [-0.1, -0.05) is 13.3 Å². The number of aromatic nitrogens is 3. The summed E-state index contributed by atoms with van der Waals surface area (Å²) in [6.45, 7) is 4.24. The molecule has 2 heterocycles. The molecule has 3 N–H and O–H groups in total. The number of rotatable bonds is 5. The minimum Gasteiger partial charge on any atom is -0.340 e. The van der Waals surface area contributed by atoms with Crippen LogP contribution in [0.25, 0.3) is 11.2 Å². The fourth-order valence-electron chi connectivity index (χ4n) is 2.01. The van der Waals surface area contributed by atoms with E-state index in [1.54, 1.807) is 6.20 Å². The summed E-state index contributed by atoms with van der Waals surface area (Å²) in [6.07, 6.45) is 5.07. The van der Waals surface area contributed by atoms with Crippen LogP contribution in [0.2, 0.25) is 0 Å². The lowest BCUT2D eigenvalue weighted by atomic mass is 10.0. The van der Waals surface area contributed by atoms with Gasteiger partial charge < -0.3 is 10.7 Å². The van der Waals surface area contributed by atoms with E-state index in [0.717, 1.165) is 40.7 Å². The van der Waals surface area contributed by atoms with Crippen molar-refractivity contribution in [3.8, 4) is 0 Å². The Balaban J connectivity index is 2.06. The number of H-pyrrole nitrogens is 1. The molecule has 2 aromatic rings. The monoisotopic (exact) mass is 310 g/mol. The lowest BCUT2D eigenvalue weighted by molar-refractivity contribution is 0.546. The number of hydrogen-bond acceptors (Lipinski definition) is 3. The van der Waals surface area contributed by atoms with Crippen molar-refractivity contribution in [3.63, 3.8) is 0 Å². The van der Waals surface area contributed by atoms with Gasteiger partial charge >= 0.3 is 0 Å². The molecule has 0 fully saturated rings. The van der Waals surface area contributed by atoms with Crippen LogP contribution in [0, 0.1) is 0 Å². The first kappa shape index (κ1) is 13.5. The van der Waals surface area contributed by atoms with Gasteiger partial charge in [-0.05, 0) is 41.8 Å². The van der Waals surface area contributed by atoms with Crippen LogP contribution in [-0.2, 0) is 0 Å². The molecular weight excluding hydrogens is 292 g/mol. The molecule has 0 aliphatic carbocycles. The fourth-order valence-corrected chi connectivity index (χ4v) is 2.34. The van der Waals surface area contributed by atoms with Crippen molar-refractivity contribution in [2.24, 2.45) is 5.73 Å². The normalized spacial score (nSPS) is 14.9. The molecule has 2 atom stereocenters. The second kappa shape index (κ2) is 5.80. The van der Waals surface area contributed by atoms with E-state index in [1.807, 2.05) is 13.0 Å². The number of halogens is 1. The summed E-state index contributed by atoms with van der Waals surface area (Å²) in [6, 6.07) is 2.29. The highest BCUT2D eigenvalue weighted by atomic mass is 79.9. The summed E-state index contributed by atoms with van der Waals surface area (Å²) < 4.78 is 0.967. The van der Waals surface area contributed by atoms with Gasteiger partial charge in [-0.3, -0.25) is 0 Å². The van der Waals surface area contributed by atoms with Crippen LogP contribution in [0.15, 0.2) is 16.7 Å². The molecule has 0 saturated carbocycles. The standard InChI is InChI=1S/C13H19BrN4/c1-8(4-3-5-9(2)15)12-17-11-6-10(14)7-16-13(11)18-12/h6-9H,3-5,15H2,1-2H3,(H,16,17,18). The zero-order valence-corrected chi connectivity index (χ0v) is 12.4. The molecular formula is C13H19BrN4. The number of pyridine rings is 1. The summed E-state index contributed by atoms with van der Waals surface area (Å²) in [5.41, 5.74) is 7.53. The molecule has 18 heavy (non-hydrogen) atoms. The highest BCUT2D eigenvalue weighted by molar-refractivity contribution is 9.10. The zero-order chi connectivity index (χ0) is 13.1. The van der Waals surface area contributed by atoms with Crippen molar-refractivity contribution in [1.82, 2.24) is 15.0 Å². The topological polar surface area (TPSA) is 67.6 Å². The van der Waals surface area contributed by atoms with Crippen molar-refractivity contribution in [1.29, 1.82) is 0 Å². The third-order valence-corrected chi connectivity index (χ3v) is 3.52. The third kappa shape index (κ3) is 3.29. The Kier molecular flexibility index (Phi) is 4.35.